The summed E-state index contributed by atoms with van der Waals surface area (Å²) in [4.78, 5) is 12.3. The third-order valence-electron chi connectivity index (χ3n) is 3.62. The Morgan fingerprint density at radius 3 is 2.81 bits per heavy atom. The smallest absolute Gasteiger partial charge is 0.184 e. The number of hydrogen-bond donors (Lipinski definition) is 0. The van der Waals surface area contributed by atoms with Gasteiger partial charge in [0, 0.05) is 16.3 Å². The largest absolute Gasteiger partial charge is 0.464 e. The van der Waals surface area contributed by atoms with E-state index in [0.717, 1.165) is 21.9 Å². The summed E-state index contributed by atoms with van der Waals surface area (Å²) in [6.45, 7) is 0.220. The molecule has 0 amide bonds. The molecule has 4 rings (SSSR count). The van der Waals surface area contributed by atoms with Crippen LogP contribution in [0.15, 0.2) is 65.4 Å². The fourth-order valence-corrected chi connectivity index (χ4v) is 2.60. The number of benzene rings is 2. The molecule has 4 nitrogen and oxygen atoms in total. The highest BCUT2D eigenvalue weighted by molar-refractivity contribution is 6.04. The van der Waals surface area contributed by atoms with Crippen LogP contribution in [0.4, 0.5) is 0 Å². The first-order chi connectivity index (χ1) is 10.3. The van der Waals surface area contributed by atoms with Crippen molar-refractivity contribution in [3.63, 3.8) is 0 Å². The Labute approximate surface area is 120 Å². The molecule has 21 heavy (non-hydrogen) atoms. The van der Waals surface area contributed by atoms with E-state index in [-0.39, 0.29) is 12.3 Å². The quantitative estimate of drug-likeness (QED) is 0.536. The second-order valence-electron chi connectivity index (χ2n) is 4.93. The lowest BCUT2D eigenvalue weighted by atomic mass is 10.1. The van der Waals surface area contributed by atoms with Crippen molar-refractivity contribution in [2.24, 2.45) is 0 Å². The number of rotatable bonds is 3. The molecule has 2 aromatic heterocycles. The second-order valence-corrected chi connectivity index (χ2v) is 4.93. The van der Waals surface area contributed by atoms with E-state index < -0.39 is 0 Å². The summed E-state index contributed by atoms with van der Waals surface area (Å²) in [7, 11) is 0. The Balaban J connectivity index is 1.80. The van der Waals surface area contributed by atoms with Crippen molar-refractivity contribution < 1.29 is 9.21 Å². The molecule has 0 atom stereocenters. The second kappa shape index (κ2) is 4.59. The fraction of sp³-hybridized carbons (Fsp3) is 0.0588. The highest BCUT2D eigenvalue weighted by atomic mass is 16.3. The fourth-order valence-electron chi connectivity index (χ4n) is 2.60. The van der Waals surface area contributed by atoms with E-state index in [1.807, 2.05) is 48.5 Å². The lowest BCUT2D eigenvalue weighted by Crippen LogP contribution is -2.11. The highest BCUT2D eigenvalue weighted by Gasteiger charge is 2.12. The van der Waals surface area contributed by atoms with Crippen LogP contribution in [0.3, 0.4) is 0 Å². The van der Waals surface area contributed by atoms with Crippen LogP contribution in [0.25, 0.3) is 21.9 Å². The van der Waals surface area contributed by atoms with Gasteiger partial charge in [0.05, 0.1) is 18.0 Å². The van der Waals surface area contributed by atoms with Gasteiger partial charge in [-0.2, -0.15) is 5.10 Å². The van der Waals surface area contributed by atoms with E-state index in [0.29, 0.717) is 5.56 Å². The van der Waals surface area contributed by atoms with Crippen LogP contribution in [0.1, 0.15) is 10.4 Å². The van der Waals surface area contributed by atoms with Crippen molar-refractivity contribution >= 4 is 27.7 Å². The average Bonchev–Trinajstić information content (AvgIpc) is 3.14. The van der Waals surface area contributed by atoms with E-state index in [2.05, 4.69) is 5.10 Å². The monoisotopic (exact) mass is 276 g/mol. The summed E-state index contributed by atoms with van der Waals surface area (Å²) >= 11 is 0. The Kier molecular flexibility index (Phi) is 2.60. The third kappa shape index (κ3) is 1.92. The van der Waals surface area contributed by atoms with Crippen LogP contribution in [-0.2, 0) is 6.54 Å². The number of nitrogens with zero attached hydrogens (tertiary/aromatic N) is 2. The number of furan rings is 1. The molecular weight excluding hydrogens is 264 g/mol. The van der Waals surface area contributed by atoms with Crippen LogP contribution in [0, 0.1) is 0 Å². The first kappa shape index (κ1) is 11.9. The van der Waals surface area contributed by atoms with Crippen LogP contribution in [0.2, 0.25) is 0 Å². The molecule has 0 aliphatic rings. The Hall–Kier alpha value is -2.88. The predicted octanol–water partition coefficient (Wildman–Crippen LogP) is 3.67. The van der Waals surface area contributed by atoms with Crippen LogP contribution in [-0.4, -0.2) is 15.6 Å². The molecule has 0 spiro atoms. The van der Waals surface area contributed by atoms with Crippen molar-refractivity contribution in [2.45, 2.75) is 6.54 Å². The molecular formula is C17H12N2O2. The van der Waals surface area contributed by atoms with Crippen LogP contribution >= 0.6 is 0 Å². The molecule has 4 aromatic rings. The van der Waals surface area contributed by atoms with Gasteiger partial charge >= 0.3 is 0 Å². The van der Waals surface area contributed by atoms with E-state index in [1.165, 1.54) is 0 Å². The number of aromatic nitrogens is 2. The Morgan fingerprint density at radius 2 is 1.95 bits per heavy atom. The van der Waals surface area contributed by atoms with Gasteiger partial charge in [-0.25, -0.2) is 0 Å². The topological polar surface area (TPSA) is 48.0 Å². The third-order valence-corrected chi connectivity index (χ3v) is 3.62. The van der Waals surface area contributed by atoms with Gasteiger partial charge in [-0.05, 0) is 18.2 Å². The van der Waals surface area contributed by atoms with Crippen molar-refractivity contribution in [3.05, 3.63) is 66.6 Å². The van der Waals surface area contributed by atoms with Gasteiger partial charge < -0.3 is 4.42 Å². The number of ketones is 1. The number of carbonyl (C=O) groups excluding carboxylic acids is 1. The molecule has 0 aliphatic carbocycles. The SMILES string of the molecule is O=C(Cn1ncc2ccc3occc3c21)c1ccccc1. The van der Waals surface area contributed by atoms with Gasteiger partial charge in [-0.1, -0.05) is 30.3 Å². The lowest BCUT2D eigenvalue weighted by molar-refractivity contribution is 0.0969. The number of fused-ring (bicyclic) bond motifs is 3. The van der Waals surface area contributed by atoms with E-state index in [9.17, 15) is 4.79 Å². The number of Topliss-reactive ketones (excluding diaryl/α,β-unsaturated/α-hetero) is 1. The number of hydrogen-bond acceptors (Lipinski definition) is 3. The van der Waals surface area contributed by atoms with Crippen LogP contribution in [0.5, 0.6) is 0 Å². The molecule has 0 saturated heterocycles. The molecule has 0 bridgehead atoms. The average molecular weight is 276 g/mol. The van der Waals surface area contributed by atoms with E-state index in [1.54, 1.807) is 17.1 Å². The summed E-state index contributed by atoms with van der Waals surface area (Å²) in [5.41, 5.74) is 2.43. The summed E-state index contributed by atoms with van der Waals surface area (Å²) in [5.74, 6) is 0.0427. The lowest BCUT2D eigenvalue weighted by Gasteiger charge is -2.04. The van der Waals surface area contributed by atoms with E-state index in [4.69, 9.17) is 4.42 Å². The summed E-state index contributed by atoms with van der Waals surface area (Å²) in [6.07, 6.45) is 3.43. The summed E-state index contributed by atoms with van der Waals surface area (Å²) in [6, 6.07) is 15.0. The van der Waals surface area contributed by atoms with Gasteiger partial charge in [0.2, 0.25) is 0 Å². The zero-order valence-corrected chi connectivity index (χ0v) is 11.2. The standard InChI is InChI=1S/C17H12N2O2/c20-15(12-4-2-1-3-5-12)11-19-17-13(10-18-19)6-7-16-14(17)8-9-21-16/h1-10H,11H2. The van der Waals surface area contributed by atoms with Gasteiger partial charge in [-0.3, -0.25) is 9.48 Å². The van der Waals surface area contributed by atoms with Crippen molar-refractivity contribution in [3.8, 4) is 0 Å². The predicted molar refractivity (Wildman–Crippen MR) is 80.3 cm³/mol. The maximum Gasteiger partial charge on any atom is 0.184 e. The molecule has 2 heterocycles. The Bertz CT molecular complexity index is 935. The molecule has 0 N–H and O–H groups in total. The minimum atomic E-state index is 0.0427. The maximum absolute atomic E-state index is 12.3. The zero-order chi connectivity index (χ0) is 14.2. The van der Waals surface area contributed by atoms with E-state index >= 15 is 0 Å². The maximum atomic E-state index is 12.3. The first-order valence-corrected chi connectivity index (χ1v) is 6.73. The molecule has 0 fully saturated rings. The van der Waals surface area contributed by atoms with Gasteiger partial charge in [0.1, 0.15) is 12.1 Å². The van der Waals surface area contributed by atoms with Gasteiger partial charge in [-0.15, -0.1) is 0 Å². The normalized spacial score (nSPS) is 11.2. The minimum absolute atomic E-state index is 0.0427. The first-order valence-electron chi connectivity index (χ1n) is 6.73. The highest BCUT2D eigenvalue weighted by Crippen LogP contribution is 2.26. The Morgan fingerprint density at radius 1 is 1.10 bits per heavy atom. The van der Waals surface area contributed by atoms with Gasteiger partial charge in [0.15, 0.2) is 5.78 Å². The van der Waals surface area contributed by atoms with Crippen molar-refractivity contribution in [1.82, 2.24) is 9.78 Å². The molecule has 102 valence electrons. The molecule has 0 radical (unpaired) electrons. The summed E-state index contributed by atoms with van der Waals surface area (Å²) < 4.78 is 7.15. The summed E-state index contributed by atoms with van der Waals surface area (Å²) in [5, 5.41) is 6.33. The minimum Gasteiger partial charge on any atom is -0.464 e. The van der Waals surface area contributed by atoms with Gasteiger partial charge in [0.25, 0.3) is 0 Å². The van der Waals surface area contributed by atoms with Crippen LogP contribution < -0.4 is 0 Å². The molecule has 0 aliphatic heterocycles. The van der Waals surface area contributed by atoms with Crippen molar-refractivity contribution in [2.75, 3.05) is 0 Å². The molecule has 4 heteroatoms. The molecule has 0 saturated carbocycles. The number of carbonyl (C=O) groups is 1. The van der Waals surface area contributed by atoms with Crippen molar-refractivity contribution in [1.29, 1.82) is 0 Å². The zero-order valence-electron chi connectivity index (χ0n) is 11.2. The molecule has 0 unspecified atom stereocenters. The molecule has 2 aromatic carbocycles.